The maximum atomic E-state index is 10.00. The van der Waals surface area contributed by atoms with Crippen LogP contribution in [0.3, 0.4) is 0 Å². The van der Waals surface area contributed by atoms with Gasteiger partial charge >= 0.3 is 0 Å². The molecule has 3 aromatic rings. The number of rotatable bonds is 6. The molecular weight excluding hydrogens is 402 g/mol. The zero-order chi connectivity index (χ0) is 21.0. The summed E-state index contributed by atoms with van der Waals surface area (Å²) in [6.45, 7) is 4.16. The van der Waals surface area contributed by atoms with Crippen molar-refractivity contribution in [2.75, 3.05) is 26.2 Å². The highest BCUT2D eigenvalue weighted by Crippen LogP contribution is 2.52. The van der Waals surface area contributed by atoms with Gasteiger partial charge in [-0.3, -0.25) is 4.90 Å². The van der Waals surface area contributed by atoms with Gasteiger partial charge in [-0.2, -0.15) is 0 Å². The third-order valence-electron chi connectivity index (χ3n) is 6.43. The molecule has 5 rings (SSSR count). The number of fused-ring (bicyclic) bond motifs is 1. The molecule has 31 heavy (non-hydrogen) atoms. The van der Waals surface area contributed by atoms with Crippen LogP contribution in [0.25, 0.3) is 0 Å². The van der Waals surface area contributed by atoms with Crippen molar-refractivity contribution in [1.29, 1.82) is 0 Å². The van der Waals surface area contributed by atoms with Crippen LogP contribution in [-0.2, 0) is 5.75 Å². The largest absolute Gasteiger partial charge is 0.508 e. The van der Waals surface area contributed by atoms with E-state index in [9.17, 15) is 5.11 Å². The third kappa shape index (κ3) is 4.60. The highest BCUT2D eigenvalue weighted by molar-refractivity contribution is 7.98. The molecule has 2 aliphatic heterocycles. The molecule has 0 unspecified atom stereocenters. The second-order valence-electron chi connectivity index (χ2n) is 8.47. The summed E-state index contributed by atoms with van der Waals surface area (Å²) in [6, 6.07) is 25.3. The molecule has 0 spiro atoms. The van der Waals surface area contributed by atoms with Gasteiger partial charge in [-0.1, -0.05) is 48.5 Å². The van der Waals surface area contributed by atoms with Gasteiger partial charge in [-0.15, -0.1) is 11.8 Å². The van der Waals surface area contributed by atoms with Gasteiger partial charge in [0.05, 0.1) is 0 Å². The SMILES string of the molecule is Oc1ccc2c(c1)CS[C@H](c1ccccc1)[C@@H]2c1ccc(OCCN2CCCC2)cc1. The zero-order valence-corrected chi connectivity index (χ0v) is 18.6. The third-order valence-corrected chi connectivity index (χ3v) is 7.81. The van der Waals surface area contributed by atoms with E-state index in [4.69, 9.17) is 4.74 Å². The number of hydrogen-bond donors (Lipinski definition) is 1. The van der Waals surface area contributed by atoms with Crippen LogP contribution < -0.4 is 4.74 Å². The minimum absolute atomic E-state index is 0.246. The number of likely N-dealkylation sites (tertiary alicyclic amines) is 1. The van der Waals surface area contributed by atoms with Crippen molar-refractivity contribution in [2.24, 2.45) is 0 Å². The maximum Gasteiger partial charge on any atom is 0.119 e. The molecule has 0 aliphatic carbocycles. The lowest BCUT2D eigenvalue weighted by Crippen LogP contribution is -2.25. The lowest BCUT2D eigenvalue weighted by molar-refractivity contribution is 0.237. The Balaban J connectivity index is 1.38. The first-order valence-electron chi connectivity index (χ1n) is 11.2. The van der Waals surface area contributed by atoms with E-state index >= 15 is 0 Å². The molecule has 1 N–H and O–H groups in total. The number of aromatic hydroxyl groups is 1. The molecule has 2 atom stereocenters. The van der Waals surface area contributed by atoms with E-state index in [0.29, 0.717) is 11.0 Å². The van der Waals surface area contributed by atoms with E-state index in [2.05, 4.69) is 65.6 Å². The molecule has 0 saturated carbocycles. The fraction of sp³-hybridized carbons (Fsp3) is 0.333. The van der Waals surface area contributed by atoms with Crippen LogP contribution in [0.15, 0.2) is 72.8 Å². The van der Waals surface area contributed by atoms with E-state index in [1.165, 1.54) is 48.2 Å². The van der Waals surface area contributed by atoms with Crippen molar-refractivity contribution in [1.82, 2.24) is 4.90 Å². The molecule has 3 nitrogen and oxygen atoms in total. The second-order valence-corrected chi connectivity index (χ2v) is 9.60. The van der Waals surface area contributed by atoms with Crippen LogP contribution in [-0.4, -0.2) is 36.2 Å². The first-order chi connectivity index (χ1) is 15.3. The van der Waals surface area contributed by atoms with Crippen LogP contribution in [0.2, 0.25) is 0 Å². The summed E-state index contributed by atoms with van der Waals surface area (Å²) in [5.74, 6) is 2.44. The smallest absolute Gasteiger partial charge is 0.119 e. The Morgan fingerprint density at radius 2 is 1.68 bits per heavy atom. The van der Waals surface area contributed by atoms with Gasteiger partial charge in [-0.25, -0.2) is 0 Å². The maximum absolute atomic E-state index is 10.00. The monoisotopic (exact) mass is 431 g/mol. The molecule has 3 aromatic carbocycles. The first kappa shape index (κ1) is 20.5. The predicted molar refractivity (Wildman–Crippen MR) is 128 cm³/mol. The van der Waals surface area contributed by atoms with Crippen molar-refractivity contribution >= 4 is 11.8 Å². The van der Waals surface area contributed by atoms with E-state index in [-0.39, 0.29) is 5.92 Å². The van der Waals surface area contributed by atoms with Gasteiger partial charge in [0.25, 0.3) is 0 Å². The minimum Gasteiger partial charge on any atom is -0.508 e. The summed E-state index contributed by atoms with van der Waals surface area (Å²) in [5.41, 5.74) is 5.18. The van der Waals surface area contributed by atoms with Crippen LogP contribution in [0.5, 0.6) is 11.5 Å². The Morgan fingerprint density at radius 1 is 0.903 bits per heavy atom. The standard InChI is InChI=1S/C27H29NO2S/c29-23-10-13-25-22(18-23)19-31-27(21-6-2-1-3-7-21)26(25)20-8-11-24(12-9-20)30-17-16-28-14-4-5-15-28/h1-3,6-13,18,26-27,29H,4-5,14-17,19H2/t26-,27-/m1/s1. The van der Waals surface area contributed by atoms with Gasteiger partial charge in [-0.05, 0) is 72.5 Å². The van der Waals surface area contributed by atoms with Crippen LogP contribution in [0.1, 0.15) is 46.3 Å². The summed E-state index contributed by atoms with van der Waals surface area (Å²) in [4.78, 5) is 2.48. The molecule has 1 fully saturated rings. The average molecular weight is 432 g/mol. The molecule has 2 heterocycles. The molecule has 0 amide bonds. The highest BCUT2D eigenvalue weighted by atomic mass is 32.2. The first-order valence-corrected chi connectivity index (χ1v) is 12.3. The van der Waals surface area contributed by atoms with Crippen molar-refractivity contribution in [3.63, 3.8) is 0 Å². The van der Waals surface area contributed by atoms with Crippen molar-refractivity contribution in [3.05, 3.63) is 95.1 Å². The molecule has 2 aliphatic rings. The van der Waals surface area contributed by atoms with Gasteiger partial charge < -0.3 is 9.84 Å². The lowest BCUT2D eigenvalue weighted by Gasteiger charge is -2.34. The summed E-state index contributed by atoms with van der Waals surface area (Å²) >= 11 is 1.95. The fourth-order valence-electron chi connectivity index (χ4n) is 4.82. The van der Waals surface area contributed by atoms with Crippen LogP contribution >= 0.6 is 11.8 Å². The number of thioether (sulfide) groups is 1. The molecule has 0 radical (unpaired) electrons. The summed E-state index contributed by atoms with van der Waals surface area (Å²) in [5, 5.41) is 10.3. The topological polar surface area (TPSA) is 32.7 Å². The van der Waals surface area contributed by atoms with Crippen molar-refractivity contribution < 1.29 is 9.84 Å². The van der Waals surface area contributed by atoms with Gasteiger partial charge in [0.1, 0.15) is 18.1 Å². The highest BCUT2D eigenvalue weighted by Gasteiger charge is 2.32. The van der Waals surface area contributed by atoms with Crippen molar-refractivity contribution in [3.8, 4) is 11.5 Å². The van der Waals surface area contributed by atoms with Gasteiger partial charge in [0.2, 0.25) is 0 Å². The summed E-state index contributed by atoms with van der Waals surface area (Å²) < 4.78 is 6.03. The summed E-state index contributed by atoms with van der Waals surface area (Å²) in [6.07, 6.45) is 2.63. The van der Waals surface area contributed by atoms with E-state index in [1.54, 1.807) is 0 Å². The fourth-order valence-corrected chi connectivity index (χ4v) is 6.27. The molecular formula is C27H29NO2S. The molecule has 0 bridgehead atoms. The van der Waals surface area contributed by atoms with E-state index < -0.39 is 0 Å². The van der Waals surface area contributed by atoms with Gasteiger partial charge in [0.15, 0.2) is 0 Å². The molecule has 160 valence electrons. The molecule has 1 saturated heterocycles. The van der Waals surface area contributed by atoms with Gasteiger partial charge in [0, 0.05) is 23.5 Å². The number of hydrogen-bond acceptors (Lipinski definition) is 4. The van der Waals surface area contributed by atoms with E-state index in [1.807, 2.05) is 23.9 Å². The number of benzene rings is 3. The quantitative estimate of drug-likeness (QED) is 0.520. The zero-order valence-electron chi connectivity index (χ0n) is 17.7. The lowest BCUT2D eigenvalue weighted by atomic mass is 9.83. The Kier molecular flexibility index (Phi) is 6.19. The Hall–Kier alpha value is -2.43. The number of phenolic OH excluding ortho intramolecular Hbond substituents is 1. The Labute approximate surface area is 189 Å². The molecule has 0 aromatic heterocycles. The Bertz CT molecular complexity index is 1000. The van der Waals surface area contributed by atoms with Crippen LogP contribution in [0.4, 0.5) is 0 Å². The second kappa shape index (κ2) is 9.37. The minimum atomic E-state index is 0.246. The number of phenols is 1. The van der Waals surface area contributed by atoms with Crippen LogP contribution in [0, 0.1) is 0 Å². The van der Waals surface area contributed by atoms with E-state index in [0.717, 1.165) is 24.7 Å². The number of ether oxygens (including phenoxy) is 1. The predicted octanol–water partition coefficient (Wildman–Crippen LogP) is 5.99. The molecule has 4 heteroatoms. The Morgan fingerprint density at radius 3 is 2.45 bits per heavy atom. The number of nitrogens with zero attached hydrogens (tertiary/aromatic N) is 1. The summed E-state index contributed by atoms with van der Waals surface area (Å²) in [7, 11) is 0. The van der Waals surface area contributed by atoms with Crippen molar-refractivity contribution in [2.45, 2.75) is 29.8 Å². The average Bonchev–Trinajstić information content (AvgIpc) is 3.33. The normalized spacial score (nSPS) is 21.0.